The third-order valence-corrected chi connectivity index (χ3v) is 4.58. The van der Waals surface area contributed by atoms with Crippen molar-refractivity contribution >= 4 is 35.0 Å². The number of anilines is 2. The number of rotatable bonds is 6. The lowest BCUT2D eigenvalue weighted by molar-refractivity contribution is 0.101. The first-order valence-corrected chi connectivity index (χ1v) is 9.22. The van der Waals surface area contributed by atoms with Crippen molar-refractivity contribution < 1.29 is 18.4 Å². The first kappa shape index (κ1) is 19.6. The molecule has 0 atom stereocenters. The average molecular weight is 398 g/mol. The Morgan fingerprint density at radius 1 is 0.714 bits per heavy atom. The summed E-state index contributed by atoms with van der Waals surface area (Å²) in [4.78, 5) is 24.8. The molecule has 2 amide bonds. The SMILES string of the molecule is O=C(Nc1ccc(C(=O)Nc2ccccc2SC(F)F)cc1)c1ccccc1. The zero-order valence-corrected chi connectivity index (χ0v) is 15.4. The fraction of sp³-hybridized carbons (Fsp3) is 0.0476. The number of para-hydroxylation sites is 1. The molecule has 0 aliphatic heterocycles. The van der Waals surface area contributed by atoms with Gasteiger partial charge in [0.05, 0.1) is 5.69 Å². The molecule has 2 N–H and O–H groups in total. The first-order valence-electron chi connectivity index (χ1n) is 8.34. The molecule has 0 radical (unpaired) electrons. The second-order valence-electron chi connectivity index (χ2n) is 5.73. The van der Waals surface area contributed by atoms with E-state index in [0.29, 0.717) is 34.3 Å². The van der Waals surface area contributed by atoms with E-state index in [9.17, 15) is 18.4 Å². The number of carbonyl (C=O) groups excluding carboxylic acids is 2. The second kappa shape index (κ2) is 9.14. The maximum atomic E-state index is 12.6. The summed E-state index contributed by atoms with van der Waals surface area (Å²) in [7, 11) is 0. The van der Waals surface area contributed by atoms with E-state index in [1.54, 1.807) is 66.7 Å². The smallest absolute Gasteiger partial charge is 0.288 e. The minimum Gasteiger partial charge on any atom is -0.322 e. The number of halogens is 2. The summed E-state index contributed by atoms with van der Waals surface area (Å²) in [5, 5.41) is 5.39. The Kier molecular flexibility index (Phi) is 6.39. The number of alkyl halides is 2. The highest BCUT2D eigenvalue weighted by molar-refractivity contribution is 7.99. The zero-order valence-electron chi connectivity index (χ0n) is 14.6. The van der Waals surface area contributed by atoms with Gasteiger partial charge in [-0.3, -0.25) is 9.59 Å². The van der Waals surface area contributed by atoms with Gasteiger partial charge in [0.15, 0.2) is 0 Å². The largest absolute Gasteiger partial charge is 0.322 e. The van der Waals surface area contributed by atoms with Gasteiger partial charge in [-0.2, -0.15) is 8.78 Å². The Morgan fingerprint density at radius 2 is 1.29 bits per heavy atom. The van der Waals surface area contributed by atoms with Crippen molar-refractivity contribution in [1.29, 1.82) is 0 Å². The normalized spacial score (nSPS) is 10.5. The molecule has 0 bridgehead atoms. The van der Waals surface area contributed by atoms with E-state index in [1.807, 2.05) is 6.07 Å². The number of nitrogens with one attached hydrogen (secondary N) is 2. The van der Waals surface area contributed by atoms with Gasteiger partial charge in [-0.1, -0.05) is 42.1 Å². The Bertz CT molecular complexity index is 964. The van der Waals surface area contributed by atoms with Crippen molar-refractivity contribution in [2.45, 2.75) is 10.7 Å². The van der Waals surface area contributed by atoms with Crippen LogP contribution in [0.3, 0.4) is 0 Å². The van der Waals surface area contributed by atoms with Gasteiger partial charge < -0.3 is 10.6 Å². The summed E-state index contributed by atoms with van der Waals surface area (Å²) in [5.41, 5.74) is 1.73. The van der Waals surface area contributed by atoms with E-state index in [1.165, 1.54) is 6.07 Å². The van der Waals surface area contributed by atoms with E-state index in [2.05, 4.69) is 10.6 Å². The van der Waals surface area contributed by atoms with Crippen LogP contribution in [-0.4, -0.2) is 17.6 Å². The molecular formula is C21H16F2N2O2S. The summed E-state index contributed by atoms with van der Waals surface area (Å²) in [5.74, 6) is -3.26. The second-order valence-corrected chi connectivity index (χ2v) is 6.76. The van der Waals surface area contributed by atoms with E-state index < -0.39 is 11.7 Å². The monoisotopic (exact) mass is 398 g/mol. The molecule has 0 spiro atoms. The molecule has 3 rings (SSSR count). The summed E-state index contributed by atoms with van der Waals surface area (Å²) in [6.07, 6.45) is 0. The molecule has 0 heterocycles. The number of carbonyl (C=O) groups is 2. The number of amides is 2. The van der Waals surface area contributed by atoms with Crippen LogP contribution in [0.4, 0.5) is 20.2 Å². The Balaban J connectivity index is 1.67. The molecule has 0 aliphatic carbocycles. The molecule has 142 valence electrons. The van der Waals surface area contributed by atoms with Crippen molar-refractivity contribution in [1.82, 2.24) is 0 Å². The van der Waals surface area contributed by atoms with Crippen LogP contribution in [-0.2, 0) is 0 Å². The van der Waals surface area contributed by atoms with Gasteiger partial charge in [0, 0.05) is 21.7 Å². The van der Waals surface area contributed by atoms with Crippen LogP contribution in [0.5, 0.6) is 0 Å². The number of benzene rings is 3. The maximum Gasteiger partial charge on any atom is 0.288 e. The van der Waals surface area contributed by atoms with Gasteiger partial charge >= 0.3 is 0 Å². The average Bonchev–Trinajstić information content (AvgIpc) is 2.70. The highest BCUT2D eigenvalue weighted by atomic mass is 32.2. The minimum absolute atomic E-state index is 0.254. The lowest BCUT2D eigenvalue weighted by Gasteiger charge is -2.11. The van der Waals surface area contributed by atoms with Gasteiger partial charge in [-0.15, -0.1) is 0 Å². The van der Waals surface area contributed by atoms with Crippen LogP contribution < -0.4 is 10.6 Å². The number of hydrogen-bond donors (Lipinski definition) is 2. The first-order chi connectivity index (χ1) is 13.5. The van der Waals surface area contributed by atoms with Crippen LogP contribution in [0.15, 0.2) is 83.8 Å². The fourth-order valence-electron chi connectivity index (χ4n) is 2.46. The van der Waals surface area contributed by atoms with Crippen LogP contribution in [0.2, 0.25) is 0 Å². The molecule has 0 aromatic heterocycles. The topological polar surface area (TPSA) is 58.2 Å². The molecule has 0 saturated carbocycles. The molecule has 28 heavy (non-hydrogen) atoms. The van der Waals surface area contributed by atoms with E-state index in [0.717, 1.165) is 0 Å². The number of thioether (sulfide) groups is 1. The molecule has 3 aromatic carbocycles. The third kappa shape index (κ3) is 5.17. The van der Waals surface area contributed by atoms with Crippen molar-refractivity contribution in [3.05, 3.63) is 90.0 Å². The Labute approximate surface area is 165 Å². The van der Waals surface area contributed by atoms with E-state index in [4.69, 9.17) is 0 Å². The van der Waals surface area contributed by atoms with Crippen molar-refractivity contribution in [2.24, 2.45) is 0 Å². The van der Waals surface area contributed by atoms with Gasteiger partial charge in [0.2, 0.25) is 0 Å². The standard InChI is InChI=1S/C21H16F2N2O2S/c22-21(23)28-18-9-5-4-8-17(18)25-20(27)15-10-12-16(13-11-15)24-19(26)14-6-2-1-3-7-14/h1-13,21H,(H,24,26)(H,25,27). The number of hydrogen-bond acceptors (Lipinski definition) is 3. The van der Waals surface area contributed by atoms with Gasteiger partial charge in [0.25, 0.3) is 17.6 Å². The summed E-state index contributed by atoms with van der Waals surface area (Å²) >= 11 is 0.374. The minimum atomic E-state index is -2.58. The zero-order chi connectivity index (χ0) is 19.9. The van der Waals surface area contributed by atoms with Gasteiger partial charge in [0.1, 0.15) is 0 Å². The Morgan fingerprint density at radius 3 is 1.96 bits per heavy atom. The van der Waals surface area contributed by atoms with Crippen molar-refractivity contribution in [3.63, 3.8) is 0 Å². The predicted molar refractivity (Wildman–Crippen MR) is 107 cm³/mol. The van der Waals surface area contributed by atoms with E-state index >= 15 is 0 Å². The quantitative estimate of drug-likeness (QED) is 0.539. The van der Waals surface area contributed by atoms with E-state index in [-0.39, 0.29) is 10.8 Å². The predicted octanol–water partition coefficient (Wildman–Crippen LogP) is 5.51. The molecule has 4 nitrogen and oxygen atoms in total. The highest BCUT2D eigenvalue weighted by Gasteiger charge is 2.13. The van der Waals surface area contributed by atoms with Crippen molar-refractivity contribution in [2.75, 3.05) is 10.6 Å². The van der Waals surface area contributed by atoms with Crippen LogP contribution in [0, 0.1) is 0 Å². The molecule has 0 aliphatic rings. The molecule has 7 heteroatoms. The molecule has 3 aromatic rings. The van der Waals surface area contributed by atoms with Gasteiger partial charge in [-0.25, -0.2) is 0 Å². The molecule has 0 fully saturated rings. The lowest BCUT2D eigenvalue weighted by atomic mass is 10.1. The van der Waals surface area contributed by atoms with Crippen LogP contribution in [0.1, 0.15) is 20.7 Å². The van der Waals surface area contributed by atoms with Crippen molar-refractivity contribution in [3.8, 4) is 0 Å². The maximum absolute atomic E-state index is 12.6. The summed E-state index contributed by atoms with van der Waals surface area (Å²) in [6.45, 7) is 0. The molecular weight excluding hydrogens is 382 g/mol. The lowest BCUT2D eigenvalue weighted by Crippen LogP contribution is -2.14. The van der Waals surface area contributed by atoms with Crippen LogP contribution >= 0.6 is 11.8 Å². The van der Waals surface area contributed by atoms with Crippen LogP contribution in [0.25, 0.3) is 0 Å². The molecule has 0 saturated heterocycles. The Hall–Kier alpha value is -3.19. The van der Waals surface area contributed by atoms with Gasteiger partial charge in [-0.05, 0) is 48.5 Å². The fourth-order valence-corrected chi connectivity index (χ4v) is 3.06. The molecule has 0 unspecified atom stereocenters. The summed E-state index contributed by atoms with van der Waals surface area (Å²) in [6, 6.07) is 21.5. The summed E-state index contributed by atoms with van der Waals surface area (Å²) < 4.78 is 25.3. The highest BCUT2D eigenvalue weighted by Crippen LogP contribution is 2.31. The third-order valence-electron chi connectivity index (χ3n) is 3.79.